The van der Waals surface area contributed by atoms with Gasteiger partial charge in [-0.05, 0) is 25.2 Å². The van der Waals surface area contributed by atoms with E-state index in [2.05, 4.69) is 16.5 Å². The van der Waals surface area contributed by atoms with E-state index >= 15 is 0 Å². The third-order valence-corrected chi connectivity index (χ3v) is 3.58. The van der Waals surface area contributed by atoms with Crippen molar-refractivity contribution < 1.29 is 4.39 Å². The van der Waals surface area contributed by atoms with Gasteiger partial charge in [-0.15, -0.1) is 0 Å². The highest BCUT2D eigenvalue weighted by atomic mass is 35.5. The van der Waals surface area contributed by atoms with E-state index in [0.717, 1.165) is 30.5 Å². The monoisotopic (exact) mass is 238 g/mol. The molecule has 0 saturated carbocycles. The topological polar surface area (TPSA) is 8.17 Å². The van der Waals surface area contributed by atoms with Crippen LogP contribution >= 0.6 is 11.6 Å². The maximum Gasteiger partial charge on any atom is 0.142 e. The minimum atomic E-state index is -0.342. The van der Waals surface area contributed by atoms with Gasteiger partial charge in [0.15, 0.2) is 0 Å². The van der Waals surface area contributed by atoms with Crippen LogP contribution in [0.15, 0.2) is 18.2 Å². The highest BCUT2D eigenvalue weighted by Gasteiger charge is 2.18. The average Bonchev–Trinajstić information content (AvgIpc) is 2.62. The van der Waals surface area contributed by atoms with Crippen molar-refractivity contribution in [2.24, 2.45) is 0 Å². The van der Waals surface area contributed by atoms with Crippen LogP contribution in [0.4, 0.5) is 4.39 Å². The van der Waals surface area contributed by atoms with Crippen LogP contribution in [0.25, 0.3) is 10.9 Å². The Morgan fingerprint density at radius 2 is 2.12 bits per heavy atom. The van der Waals surface area contributed by atoms with E-state index in [1.807, 2.05) is 12.1 Å². The lowest BCUT2D eigenvalue weighted by Gasteiger charge is -2.24. The first kappa shape index (κ1) is 10.1. The van der Waals surface area contributed by atoms with Crippen molar-refractivity contribution >= 4 is 22.5 Å². The lowest BCUT2D eigenvalue weighted by Crippen LogP contribution is -2.29. The summed E-state index contributed by atoms with van der Waals surface area (Å²) in [6, 6.07) is 5.25. The number of likely N-dealkylation sites (N-methyl/N-ethyl adjacent to an activating group) is 1. The normalized spacial score (nSPS) is 16.7. The van der Waals surface area contributed by atoms with E-state index in [9.17, 15) is 4.39 Å². The van der Waals surface area contributed by atoms with Crippen LogP contribution in [0.2, 0.25) is 5.02 Å². The summed E-state index contributed by atoms with van der Waals surface area (Å²) < 4.78 is 15.6. The quantitative estimate of drug-likeness (QED) is 0.685. The van der Waals surface area contributed by atoms with Crippen LogP contribution < -0.4 is 0 Å². The van der Waals surface area contributed by atoms with E-state index in [-0.39, 0.29) is 10.8 Å². The zero-order valence-electron chi connectivity index (χ0n) is 9.00. The smallest absolute Gasteiger partial charge is 0.142 e. The van der Waals surface area contributed by atoms with Gasteiger partial charge in [0.25, 0.3) is 0 Å². The lowest BCUT2D eigenvalue weighted by molar-refractivity contribution is 0.273. The van der Waals surface area contributed by atoms with Crippen LogP contribution in [0, 0.1) is 5.82 Å². The maximum absolute atomic E-state index is 13.3. The molecule has 1 aliphatic heterocycles. The third kappa shape index (κ3) is 1.35. The maximum atomic E-state index is 13.3. The van der Waals surface area contributed by atoms with E-state index < -0.39 is 0 Å². The highest BCUT2D eigenvalue weighted by Crippen LogP contribution is 2.30. The van der Waals surface area contributed by atoms with Crippen molar-refractivity contribution in [3.05, 3.63) is 34.7 Å². The van der Waals surface area contributed by atoms with Crippen LogP contribution in [0.3, 0.4) is 0 Å². The van der Waals surface area contributed by atoms with Gasteiger partial charge in [-0.2, -0.15) is 0 Å². The Morgan fingerprint density at radius 1 is 1.31 bits per heavy atom. The van der Waals surface area contributed by atoms with Gasteiger partial charge in [-0.3, -0.25) is 4.90 Å². The molecule has 0 saturated heterocycles. The number of fused-ring (bicyclic) bond motifs is 3. The molecule has 1 aliphatic rings. The SMILES string of the molecule is CN1CCn2c(cc3c(Cl)c(F)ccc32)C1. The molecule has 16 heavy (non-hydrogen) atoms. The number of hydrogen-bond donors (Lipinski definition) is 0. The Hall–Kier alpha value is -1.06. The van der Waals surface area contributed by atoms with Gasteiger partial charge in [0.1, 0.15) is 5.82 Å². The number of aromatic nitrogens is 1. The minimum Gasteiger partial charge on any atom is -0.342 e. The van der Waals surface area contributed by atoms with Gasteiger partial charge in [-0.1, -0.05) is 11.6 Å². The van der Waals surface area contributed by atoms with E-state index in [4.69, 9.17) is 11.6 Å². The molecule has 0 radical (unpaired) electrons. The molecule has 0 spiro atoms. The van der Waals surface area contributed by atoms with Crippen LogP contribution in [0.5, 0.6) is 0 Å². The van der Waals surface area contributed by atoms with Crippen molar-refractivity contribution in [1.82, 2.24) is 9.47 Å². The lowest BCUT2D eigenvalue weighted by atomic mass is 10.2. The average molecular weight is 239 g/mol. The molecule has 2 heterocycles. The van der Waals surface area contributed by atoms with Gasteiger partial charge >= 0.3 is 0 Å². The summed E-state index contributed by atoms with van der Waals surface area (Å²) in [5.74, 6) is -0.342. The molecule has 84 valence electrons. The number of benzene rings is 1. The van der Waals surface area contributed by atoms with E-state index in [1.54, 1.807) is 0 Å². The first-order chi connectivity index (χ1) is 7.66. The van der Waals surface area contributed by atoms with Crippen molar-refractivity contribution in [1.29, 1.82) is 0 Å². The largest absolute Gasteiger partial charge is 0.342 e. The highest BCUT2D eigenvalue weighted by molar-refractivity contribution is 6.35. The molecule has 0 atom stereocenters. The zero-order valence-corrected chi connectivity index (χ0v) is 9.76. The molecular weight excluding hydrogens is 227 g/mol. The van der Waals surface area contributed by atoms with Gasteiger partial charge in [0.2, 0.25) is 0 Å². The summed E-state index contributed by atoms with van der Waals surface area (Å²) in [5, 5.41) is 1.06. The van der Waals surface area contributed by atoms with Crippen LogP contribution in [0.1, 0.15) is 5.69 Å². The van der Waals surface area contributed by atoms with Gasteiger partial charge < -0.3 is 4.57 Å². The molecular formula is C12H12ClFN2. The third-order valence-electron chi connectivity index (χ3n) is 3.20. The number of hydrogen-bond acceptors (Lipinski definition) is 1. The Labute approximate surface area is 98.2 Å². The fraction of sp³-hybridized carbons (Fsp3) is 0.333. The molecule has 0 unspecified atom stereocenters. The predicted molar refractivity (Wildman–Crippen MR) is 63.2 cm³/mol. The molecule has 0 N–H and O–H groups in total. The first-order valence-corrected chi connectivity index (χ1v) is 5.69. The summed E-state index contributed by atoms with van der Waals surface area (Å²) in [6.45, 7) is 2.86. The second kappa shape index (κ2) is 3.47. The van der Waals surface area contributed by atoms with Crippen LogP contribution in [-0.2, 0) is 13.1 Å². The molecule has 0 amide bonds. The molecule has 0 fully saturated rings. The summed E-state index contributed by atoms with van der Waals surface area (Å²) in [5.41, 5.74) is 2.24. The van der Waals surface area contributed by atoms with Crippen LogP contribution in [-0.4, -0.2) is 23.1 Å². The van der Waals surface area contributed by atoms with Crippen molar-refractivity contribution in [3.8, 4) is 0 Å². The molecule has 0 bridgehead atoms. The predicted octanol–water partition coefficient (Wildman–Crippen LogP) is 2.88. The van der Waals surface area contributed by atoms with Gasteiger partial charge in [-0.25, -0.2) is 4.39 Å². The number of halogens is 2. The summed E-state index contributed by atoms with van der Waals surface area (Å²) in [4.78, 5) is 2.25. The second-order valence-electron chi connectivity index (χ2n) is 4.32. The summed E-state index contributed by atoms with van der Waals surface area (Å²) in [6.07, 6.45) is 0. The Morgan fingerprint density at radius 3 is 2.94 bits per heavy atom. The molecule has 2 nitrogen and oxygen atoms in total. The Bertz CT molecular complexity index is 562. The second-order valence-corrected chi connectivity index (χ2v) is 4.70. The van der Waals surface area contributed by atoms with Gasteiger partial charge in [0.05, 0.1) is 10.5 Å². The molecule has 1 aromatic heterocycles. The van der Waals surface area contributed by atoms with Gasteiger partial charge in [0, 0.05) is 30.7 Å². The minimum absolute atomic E-state index is 0.238. The molecule has 2 aromatic rings. The molecule has 3 rings (SSSR count). The number of nitrogens with zero attached hydrogens (tertiary/aromatic N) is 2. The number of rotatable bonds is 0. The van der Waals surface area contributed by atoms with E-state index in [1.165, 1.54) is 11.8 Å². The summed E-state index contributed by atoms with van der Waals surface area (Å²) in [7, 11) is 2.09. The Kier molecular flexibility index (Phi) is 2.19. The zero-order chi connectivity index (χ0) is 11.3. The van der Waals surface area contributed by atoms with Crippen molar-refractivity contribution in [2.75, 3.05) is 13.6 Å². The van der Waals surface area contributed by atoms with Crippen molar-refractivity contribution in [3.63, 3.8) is 0 Å². The summed E-state index contributed by atoms with van der Waals surface area (Å²) >= 11 is 5.98. The fourth-order valence-corrected chi connectivity index (χ4v) is 2.56. The van der Waals surface area contributed by atoms with E-state index in [0.29, 0.717) is 0 Å². The standard InChI is InChI=1S/C12H12ClFN2/c1-15-4-5-16-8(7-15)6-9-11(16)3-2-10(14)12(9)13/h2-3,6H,4-5,7H2,1H3. The molecule has 0 aliphatic carbocycles. The first-order valence-electron chi connectivity index (χ1n) is 5.31. The molecule has 1 aromatic carbocycles. The fourth-order valence-electron chi connectivity index (χ4n) is 2.35. The molecule has 4 heteroatoms. The Balaban J connectivity index is 2.28. The van der Waals surface area contributed by atoms with Crippen molar-refractivity contribution in [2.45, 2.75) is 13.1 Å².